The fourth-order valence-corrected chi connectivity index (χ4v) is 6.65. The highest BCUT2D eigenvalue weighted by atomic mass is 79.9. The van der Waals surface area contributed by atoms with Crippen LogP contribution in [-0.2, 0) is 29.7 Å². The van der Waals surface area contributed by atoms with Gasteiger partial charge < -0.3 is 5.32 Å². The molecular weight excluding hydrogens is 500 g/mol. The lowest BCUT2D eigenvalue weighted by molar-refractivity contribution is -0.137. The van der Waals surface area contributed by atoms with Crippen molar-refractivity contribution in [3.8, 4) is 0 Å². The van der Waals surface area contributed by atoms with Gasteiger partial charge in [-0.25, -0.2) is 0 Å². The molecule has 2 aromatic heterocycles. The van der Waals surface area contributed by atoms with Crippen LogP contribution in [0, 0.1) is 0 Å². The van der Waals surface area contributed by atoms with Crippen LogP contribution in [0.2, 0.25) is 5.02 Å². The molecule has 0 bridgehead atoms. The Balaban J connectivity index is 1.50. The average Bonchev–Trinajstić information content (AvgIpc) is 3.03. The van der Waals surface area contributed by atoms with Crippen LogP contribution in [0.3, 0.4) is 0 Å². The molecule has 2 atom stereocenters. The van der Waals surface area contributed by atoms with Gasteiger partial charge >= 0.3 is 0 Å². The van der Waals surface area contributed by atoms with Crippen LogP contribution >= 0.6 is 27.5 Å². The van der Waals surface area contributed by atoms with Gasteiger partial charge in [0.2, 0.25) is 5.91 Å². The summed E-state index contributed by atoms with van der Waals surface area (Å²) in [6.07, 6.45) is 10.1. The van der Waals surface area contributed by atoms with E-state index in [4.69, 9.17) is 16.6 Å². The Morgan fingerprint density at radius 1 is 1.18 bits per heavy atom. The molecule has 1 unspecified atom stereocenters. The van der Waals surface area contributed by atoms with E-state index in [-0.39, 0.29) is 11.9 Å². The Hall–Kier alpha value is -2.28. The Morgan fingerprint density at radius 2 is 2.00 bits per heavy atom. The molecule has 7 heteroatoms. The number of benzene rings is 1. The third kappa shape index (κ3) is 3.34. The number of rotatable bonds is 3. The first-order valence-corrected chi connectivity index (χ1v) is 12.7. The smallest absolute Gasteiger partial charge is 0.245 e. The number of pyridine rings is 2. The second kappa shape index (κ2) is 8.19. The predicted molar refractivity (Wildman–Crippen MR) is 131 cm³/mol. The van der Waals surface area contributed by atoms with Crippen LogP contribution in [0.15, 0.2) is 53.4 Å². The fraction of sp³-hybridized carbons (Fsp3) is 0.346. The summed E-state index contributed by atoms with van der Waals surface area (Å²) < 4.78 is 0.989. The lowest BCUT2D eigenvalue weighted by atomic mass is 9.80. The SMILES string of the molecule is O=C(NCc1ccncc1)[C@]12CCCCN1C1c3ncc(Br)cc3CCc3cc(Cl)cc2c31. The van der Waals surface area contributed by atoms with Crippen molar-refractivity contribution < 1.29 is 4.79 Å². The van der Waals surface area contributed by atoms with Gasteiger partial charge in [-0.05, 0) is 106 Å². The second-order valence-corrected chi connectivity index (χ2v) is 10.5. The van der Waals surface area contributed by atoms with E-state index in [2.05, 4.69) is 43.3 Å². The maximum Gasteiger partial charge on any atom is 0.245 e. The minimum Gasteiger partial charge on any atom is -0.350 e. The number of carbonyl (C=O) groups is 1. The first-order chi connectivity index (χ1) is 16.1. The summed E-state index contributed by atoms with van der Waals surface area (Å²) in [6, 6.07) is 10.2. The maximum atomic E-state index is 14.1. The number of hydrogen-bond donors (Lipinski definition) is 1. The molecule has 1 fully saturated rings. The van der Waals surface area contributed by atoms with Gasteiger partial charge in [-0.3, -0.25) is 19.7 Å². The van der Waals surface area contributed by atoms with Gasteiger partial charge in [0.25, 0.3) is 0 Å². The van der Waals surface area contributed by atoms with Crippen molar-refractivity contribution in [1.82, 2.24) is 20.2 Å². The number of fused-ring (bicyclic) bond motifs is 5. The van der Waals surface area contributed by atoms with Crippen molar-refractivity contribution in [2.75, 3.05) is 6.54 Å². The van der Waals surface area contributed by atoms with Gasteiger partial charge in [0.1, 0.15) is 5.54 Å². The zero-order valence-electron chi connectivity index (χ0n) is 18.2. The molecule has 33 heavy (non-hydrogen) atoms. The van der Waals surface area contributed by atoms with Gasteiger partial charge in [0, 0.05) is 41.2 Å². The molecule has 0 spiro atoms. The van der Waals surface area contributed by atoms with Gasteiger partial charge in [-0.15, -0.1) is 0 Å². The van der Waals surface area contributed by atoms with Crippen LogP contribution in [0.5, 0.6) is 0 Å². The highest BCUT2D eigenvalue weighted by molar-refractivity contribution is 9.10. The molecule has 1 saturated heterocycles. The first-order valence-electron chi connectivity index (χ1n) is 11.5. The third-order valence-corrected chi connectivity index (χ3v) is 8.06. The Labute approximate surface area is 206 Å². The van der Waals surface area contributed by atoms with E-state index < -0.39 is 5.54 Å². The van der Waals surface area contributed by atoms with E-state index >= 15 is 0 Å². The molecule has 168 valence electrons. The predicted octanol–water partition coefficient (Wildman–Crippen LogP) is 5.09. The number of amides is 1. The number of hydrogen-bond acceptors (Lipinski definition) is 4. The summed E-state index contributed by atoms with van der Waals surface area (Å²) >= 11 is 10.3. The highest BCUT2D eigenvalue weighted by Crippen LogP contribution is 2.56. The number of nitrogens with one attached hydrogen (secondary N) is 1. The number of nitrogens with zero attached hydrogens (tertiary/aromatic N) is 3. The first kappa shape index (κ1) is 21.3. The normalized spacial score (nSPS) is 23.3. The zero-order valence-corrected chi connectivity index (χ0v) is 20.5. The Kier molecular flexibility index (Phi) is 5.28. The minimum atomic E-state index is -0.728. The summed E-state index contributed by atoms with van der Waals surface area (Å²) in [5.41, 5.74) is 6.18. The lowest BCUT2D eigenvalue weighted by Gasteiger charge is -2.44. The number of piperidine rings is 1. The van der Waals surface area contributed by atoms with E-state index in [1.54, 1.807) is 12.4 Å². The maximum absolute atomic E-state index is 14.1. The van der Waals surface area contributed by atoms with Crippen LogP contribution in [0.4, 0.5) is 0 Å². The van der Waals surface area contributed by atoms with Crippen molar-refractivity contribution in [2.24, 2.45) is 0 Å². The number of carbonyl (C=O) groups excluding carboxylic acids is 1. The Bertz CT molecular complexity index is 1250. The van der Waals surface area contributed by atoms with E-state index in [0.29, 0.717) is 11.6 Å². The summed E-state index contributed by atoms with van der Waals surface area (Å²) in [5, 5.41) is 3.95. The monoisotopic (exact) mass is 522 g/mol. The quantitative estimate of drug-likeness (QED) is 0.519. The van der Waals surface area contributed by atoms with Crippen molar-refractivity contribution in [3.63, 3.8) is 0 Å². The van der Waals surface area contributed by atoms with Crippen LogP contribution in [0.1, 0.15) is 58.8 Å². The topological polar surface area (TPSA) is 58.1 Å². The molecule has 0 saturated carbocycles. The van der Waals surface area contributed by atoms with Crippen molar-refractivity contribution in [3.05, 3.63) is 91.9 Å². The fourth-order valence-electron chi connectivity index (χ4n) is 6.03. The third-order valence-electron chi connectivity index (χ3n) is 7.41. The van der Waals surface area contributed by atoms with E-state index in [1.807, 2.05) is 24.4 Å². The molecule has 1 aliphatic carbocycles. The van der Waals surface area contributed by atoms with Gasteiger partial charge in [-0.2, -0.15) is 0 Å². The molecule has 2 aliphatic heterocycles. The van der Waals surface area contributed by atoms with E-state index in [9.17, 15) is 4.79 Å². The van der Waals surface area contributed by atoms with Crippen molar-refractivity contribution in [1.29, 1.82) is 0 Å². The van der Waals surface area contributed by atoms with Crippen molar-refractivity contribution >= 4 is 33.4 Å². The van der Waals surface area contributed by atoms with Crippen LogP contribution in [-0.4, -0.2) is 27.3 Å². The van der Waals surface area contributed by atoms with Gasteiger partial charge in [0.15, 0.2) is 0 Å². The molecule has 0 radical (unpaired) electrons. The Morgan fingerprint density at radius 3 is 2.85 bits per heavy atom. The molecule has 3 aromatic rings. The standard InChI is InChI=1S/C26H24BrClN4O/c27-19-11-18-4-3-17-12-20(28)13-21-22(17)24(23(18)30-15-19)32-10-2-1-7-26(21,32)25(33)31-14-16-5-8-29-9-6-16/h5-6,8-9,11-13,15,24H,1-4,7,10,14H2,(H,31,33)/t24?,26-/m1/s1. The van der Waals surface area contributed by atoms with Gasteiger partial charge in [0.05, 0.1) is 11.7 Å². The summed E-state index contributed by atoms with van der Waals surface area (Å²) in [7, 11) is 0. The molecule has 5 nitrogen and oxygen atoms in total. The molecular formula is C26H24BrClN4O. The largest absolute Gasteiger partial charge is 0.350 e. The average molecular weight is 524 g/mol. The molecule has 1 aromatic carbocycles. The van der Waals surface area contributed by atoms with Crippen LogP contribution in [0.25, 0.3) is 0 Å². The molecule has 1 amide bonds. The van der Waals surface area contributed by atoms with Crippen LogP contribution < -0.4 is 5.32 Å². The summed E-state index contributed by atoms with van der Waals surface area (Å²) in [6.45, 7) is 1.34. The molecule has 1 N–H and O–H groups in total. The molecule has 4 heterocycles. The second-order valence-electron chi connectivity index (χ2n) is 9.18. The van der Waals surface area contributed by atoms with Crippen molar-refractivity contribution in [2.45, 2.75) is 50.2 Å². The highest BCUT2D eigenvalue weighted by Gasteiger charge is 2.58. The molecule has 6 rings (SSSR count). The lowest BCUT2D eigenvalue weighted by Crippen LogP contribution is -2.56. The summed E-state index contributed by atoms with van der Waals surface area (Å²) in [5.74, 6) is 0.0511. The zero-order chi connectivity index (χ0) is 22.6. The number of halogens is 2. The van der Waals surface area contributed by atoms with E-state index in [0.717, 1.165) is 59.9 Å². The number of aryl methyl sites for hydroxylation is 2. The van der Waals surface area contributed by atoms with Gasteiger partial charge in [-0.1, -0.05) is 11.6 Å². The summed E-state index contributed by atoms with van der Waals surface area (Å²) in [4.78, 5) is 25.4. The minimum absolute atomic E-state index is 0.0233. The van der Waals surface area contributed by atoms with E-state index in [1.165, 1.54) is 16.7 Å². The number of aromatic nitrogens is 2. The molecule has 3 aliphatic rings.